The fourth-order valence-electron chi connectivity index (χ4n) is 2.94. The summed E-state index contributed by atoms with van der Waals surface area (Å²) in [6.07, 6.45) is 2.71. The maximum Gasteiger partial charge on any atom is 0.408 e. The van der Waals surface area contributed by atoms with Gasteiger partial charge in [-0.2, -0.15) is 0 Å². The highest BCUT2D eigenvalue weighted by Gasteiger charge is 2.63. The van der Waals surface area contributed by atoms with Crippen LogP contribution in [-0.2, 0) is 20.8 Å². The summed E-state index contributed by atoms with van der Waals surface area (Å²) in [5.74, 6) is -0.404. The number of methoxy groups -OCH3 is 1. The van der Waals surface area contributed by atoms with E-state index in [9.17, 15) is 9.59 Å². The van der Waals surface area contributed by atoms with Crippen LogP contribution in [0.15, 0.2) is 12.7 Å². The van der Waals surface area contributed by atoms with Gasteiger partial charge in [0.05, 0.1) is 13.4 Å². The average molecular weight is 362 g/mol. The van der Waals surface area contributed by atoms with Crippen LogP contribution in [0.25, 0.3) is 11.2 Å². The highest BCUT2D eigenvalue weighted by atomic mass is 16.6. The van der Waals surface area contributed by atoms with E-state index < -0.39 is 23.2 Å². The number of anilines is 1. The van der Waals surface area contributed by atoms with Crippen molar-refractivity contribution in [3.8, 4) is 0 Å². The summed E-state index contributed by atoms with van der Waals surface area (Å²) in [4.78, 5) is 36.7. The van der Waals surface area contributed by atoms with E-state index in [-0.39, 0.29) is 11.7 Å². The molecule has 1 aliphatic rings. The topological polar surface area (TPSA) is 134 Å². The summed E-state index contributed by atoms with van der Waals surface area (Å²) in [5.41, 5.74) is 5.07. The van der Waals surface area contributed by atoms with Crippen molar-refractivity contribution >= 4 is 29.0 Å². The molecule has 0 aromatic carbocycles. The highest BCUT2D eigenvalue weighted by molar-refractivity contribution is 5.89. The second kappa shape index (κ2) is 6.11. The lowest BCUT2D eigenvalue weighted by Gasteiger charge is -2.23. The molecule has 10 heteroatoms. The van der Waals surface area contributed by atoms with Gasteiger partial charge in [0.25, 0.3) is 0 Å². The van der Waals surface area contributed by atoms with Crippen LogP contribution in [0.1, 0.15) is 27.2 Å². The molecule has 1 amide bonds. The standard InChI is InChI=1S/C16H22N6O4/c1-15(2,3)26-14(24)21-16(13(23)25-4)5-9(16)6-22-8-20-10-11(17)18-7-19-12(10)22/h7-9H,5-6H2,1-4H3,(H,21,24)(H2,17,18,19)/t9-,16-/m0/s1. The molecule has 1 saturated carbocycles. The molecule has 0 saturated heterocycles. The number of carbonyl (C=O) groups excluding carboxylic acids is 2. The first kappa shape index (κ1) is 17.9. The van der Waals surface area contributed by atoms with Crippen LogP contribution in [0.3, 0.4) is 0 Å². The summed E-state index contributed by atoms with van der Waals surface area (Å²) in [6.45, 7) is 5.67. The Morgan fingerprint density at radius 3 is 2.77 bits per heavy atom. The minimum Gasteiger partial charge on any atom is -0.467 e. The Hall–Kier alpha value is -2.91. The Balaban J connectivity index is 1.78. The Morgan fingerprint density at radius 1 is 1.38 bits per heavy atom. The number of fused-ring (bicyclic) bond motifs is 1. The number of carbonyl (C=O) groups is 2. The van der Waals surface area contributed by atoms with Gasteiger partial charge in [-0.15, -0.1) is 0 Å². The number of aromatic nitrogens is 4. The molecule has 2 aromatic rings. The van der Waals surface area contributed by atoms with E-state index in [1.54, 1.807) is 31.7 Å². The van der Waals surface area contributed by atoms with Crippen molar-refractivity contribution in [2.24, 2.45) is 5.92 Å². The number of imidazole rings is 1. The Kier molecular flexibility index (Phi) is 4.21. The molecule has 1 fully saturated rings. The molecule has 0 unspecified atom stereocenters. The largest absolute Gasteiger partial charge is 0.467 e. The minimum absolute atomic E-state index is 0.184. The van der Waals surface area contributed by atoms with Crippen molar-refractivity contribution < 1.29 is 19.1 Å². The van der Waals surface area contributed by atoms with E-state index in [0.717, 1.165) is 0 Å². The van der Waals surface area contributed by atoms with Gasteiger partial charge in [-0.05, 0) is 27.2 Å². The summed E-state index contributed by atoms with van der Waals surface area (Å²) in [5, 5.41) is 2.67. The number of amides is 1. The molecule has 0 radical (unpaired) electrons. The number of hydrogen-bond acceptors (Lipinski definition) is 8. The van der Waals surface area contributed by atoms with Crippen LogP contribution < -0.4 is 11.1 Å². The Labute approximate surface area is 150 Å². The molecule has 10 nitrogen and oxygen atoms in total. The van der Waals surface area contributed by atoms with Crippen LogP contribution in [0.2, 0.25) is 0 Å². The first-order valence-electron chi connectivity index (χ1n) is 8.17. The van der Waals surface area contributed by atoms with Crippen molar-refractivity contribution in [2.45, 2.75) is 44.9 Å². The third-order valence-electron chi connectivity index (χ3n) is 4.23. The first-order chi connectivity index (χ1) is 12.2. The summed E-state index contributed by atoms with van der Waals surface area (Å²) in [7, 11) is 1.29. The SMILES string of the molecule is COC(=O)[C@]1(NC(=O)OC(C)(C)C)C[C@H]1Cn1cnc2c(N)ncnc21. The van der Waals surface area contributed by atoms with Gasteiger partial charge in [0, 0.05) is 12.5 Å². The molecule has 3 N–H and O–H groups in total. The van der Waals surface area contributed by atoms with Crippen LogP contribution in [0.4, 0.5) is 10.6 Å². The molecular formula is C16H22N6O4. The van der Waals surface area contributed by atoms with Gasteiger partial charge in [0.1, 0.15) is 23.0 Å². The van der Waals surface area contributed by atoms with Crippen molar-refractivity contribution in [3.63, 3.8) is 0 Å². The number of nitrogens with zero attached hydrogens (tertiary/aromatic N) is 4. The molecule has 140 valence electrons. The molecule has 0 aliphatic heterocycles. The number of hydrogen-bond donors (Lipinski definition) is 2. The number of nitrogens with two attached hydrogens (primary N) is 1. The van der Waals surface area contributed by atoms with E-state index in [1.165, 1.54) is 13.4 Å². The van der Waals surface area contributed by atoms with Crippen LogP contribution in [0, 0.1) is 5.92 Å². The predicted octanol–water partition coefficient (Wildman–Crippen LogP) is 0.865. The van der Waals surface area contributed by atoms with Gasteiger partial charge in [-0.25, -0.2) is 24.5 Å². The zero-order valence-corrected chi connectivity index (χ0v) is 15.1. The van der Waals surface area contributed by atoms with Crippen molar-refractivity contribution in [3.05, 3.63) is 12.7 Å². The quantitative estimate of drug-likeness (QED) is 0.765. The van der Waals surface area contributed by atoms with Crippen molar-refractivity contribution in [1.82, 2.24) is 24.8 Å². The zero-order chi connectivity index (χ0) is 19.1. The lowest BCUT2D eigenvalue weighted by molar-refractivity contribution is -0.145. The lowest BCUT2D eigenvalue weighted by atomic mass is 10.2. The highest BCUT2D eigenvalue weighted by Crippen LogP contribution is 2.46. The van der Waals surface area contributed by atoms with Crippen LogP contribution in [0.5, 0.6) is 0 Å². The molecule has 3 rings (SSSR count). The second-order valence-corrected chi connectivity index (χ2v) is 7.32. The van der Waals surface area contributed by atoms with Gasteiger partial charge < -0.3 is 25.1 Å². The third kappa shape index (κ3) is 3.26. The molecular weight excluding hydrogens is 340 g/mol. The molecule has 1 aliphatic carbocycles. The third-order valence-corrected chi connectivity index (χ3v) is 4.23. The van der Waals surface area contributed by atoms with E-state index in [4.69, 9.17) is 15.2 Å². The van der Waals surface area contributed by atoms with E-state index in [0.29, 0.717) is 24.1 Å². The normalized spacial score (nSPS) is 22.1. The average Bonchev–Trinajstić information content (AvgIpc) is 3.05. The van der Waals surface area contributed by atoms with Gasteiger partial charge in [-0.1, -0.05) is 0 Å². The first-order valence-corrected chi connectivity index (χ1v) is 8.17. The molecule has 0 bridgehead atoms. The van der Waals surface area contributed by atoms with Gasteiger partial charge in [0.2, 0.25) is 0 Å². The summed E-state index contributed by atoms with van der Waals surface area (Å²) >= 11 is 0. The van der Waals surface area contributed by atoms with Gasteiger partial charge in [-0.3, -0.25) is 0 Å². The van der Waals surface area contributed by atoms with Crippen LogP contribution >= 0.6 is 0 Å². The molecule has 2 aromatic heterocycles. The lowest BCUT2D eigenvalue weighted by Crippen LogP contribution is -2.48. The number of nitrogens with one attached hydrogen (secondary N) is 1. The van der Waals surface area contributed by atoms with Crippen molar-refractivity contribution in [2.75, 3.05) is 12.8 Å². The maximum absolute atomic E-state index is 12.3. The number of nitrogen functional groups attached to an aromatic ring is 1. The minimum atomic E-state index is -1.12. The Bertz CT molecular complexity index is 858. The summed E-state index contributed by atoms with van der Waals surface area (Å²) in [6, 6.07) is 0. The maximum atomic E-state index is 12.3. The number of esters is 1. The number of alkyl carbamates (subject to hydrolysis) is 1. The van der Waals surface area contributed by atoms with E-state index in [2.05, 4.69) is 20.3 Å². The zero-order valence-electron chi connectivity index (χ0n) is 15.1. The smallest absolute Gasteiger partial charge is 0.408 e. The number of ether oxygens (including phenoxy) is 2. The predicted molar refractivity (Wildman–Crippen MR) is 92.0 cm³/mol. The Morgan fingerprint density at radius 2 is 2.12 bits per heavy atom. The van der Waals surface area contributed by atoms with E-state index >= 15 is 0 Å². The monoisotopic (exact) mass is 362 g/mol. The van der Waals surface area contributed by atoms with Crippen molar-refractivity contribution in [1.29, 1.82) is 0 Å². The molecule has 2 atom stereocenters. The molecule has 26 heavy (non-hydrogen) atoms. The fraction of sp³-hybridized carbons (Fsp3) is 0.562. The number of rotatable bonds is 4. The second-order valence-electron chi connectivity index (χ2n) is 7.32. The fourth-order valence-corrected chi connectivity index (χ4v) is 2.94. The van der Waals surface area contributed by atoms with Gasteiger partial charge in [0.15, 0.2) is 11.5 Å². The molecule has 0 spiro atoms. The van der Waals surface area contributed by atoms with E-state index in [1.807, 2.05) is 0 Å². The summed E-state index contributed by atoms with van der Waals surface area (Å²) < 4.78 is 11.9. The molecule has 2 heterocycles. The van der Waals surface area contributed by atoms with Gasteiger partial charge >= 0.3 is 12.1 Å². The van der Waals surface area contributed by atoms with Crippen LogP contribution in [-0.4, -0.2) is 49.8 Å².